The molecule has 3 aromatic rings. The summed E-state index contributed by atoms with van der Waals surface area (Å²) in [6, 6.07) is 12.9. The average Bonchev–Trinajstić information content (AvgIpc) is 2.87. The molecule has 0 unspecified atom stereocenters. The molecule has 3 rings (SSSR count). The standard InChI is InChI=1S/C26H23FO7/c1-30-22-10-6-16(13-24(22)32-3)5-9-20(28)19-15-18(27)8-12-21(19)34-26(29)17-7-11-23(31-2)25(14-17)33-4/h5-15H,1-4H3/b9-5+. The summed E-state index contributed by atoms with van der Waals surface area (Å²) in [7, 11) is 5.93. The van der Waals surface area contributed by atoms with Gasteiger partial charge in [-0.05, 0) is 60.2 Å². The predicted octanol–water partition coefficient (Wildman–Crippen LogP) is 4.98. The van der Waals surface area contributed by atoms with Crippen LogP contribution >= 0.6 is 0 Å². The lowest BCUT2D eigenvalue weighted by Gasteiger charge is -2.11. The Morgan fingerprint density at radius 3 is 1.94 bits per heavy atom. The summed E-state index contributed by atoms with van der Waals surface area (Å²) in [5.74, 6) is -0.207. The lowest BCUT2D eigenvalue weighted by molar-refractivity contribution is 0.0732. The van der Waals surface area contributed by atoms with Crippen LogP contribution in [0.25, 0.3) is 6.08 Å². The molecule has 0 bridgehead atoms. The van der Waals surface area contributed by atoms with Gasteiger partial charge in [-0.3, -0.25) is 4.79 Å². The molecule has 0 saturated heterocycles. The van der Waals surface area contributed by atoms with Gasteiger partial charge in [-0.1, -0.05) is 12.1 Å². The Labute approximate surface area is 196 Å². The summed E-state index contributed by atoms with van der Waals surface area (Å²) in [5.41, 5.74) is 0.720. The van der Waals surface area contributed by atoms with E-state index in [0.29, 0.717) is 28.6 Å². The van der Waals surface area contributed by atoms with Crippen molar-refractivity contribution in [3.05, 3.63) is 83.2 Å². The van der Waals surface area contributed by atoms with Gasteiger partial charge < -0.3 is 23.7 Å². The van der Waals surface area contributed by atoms with Gasteiger partial charge in [-0.2, -0.15) is 0 Å². The third-order valence-corrected chi connectivity index (χ3v) is 4.86. The van der Waals surface area contributed by atoms with Crippen molar-refractivity contribution in [3.63, 3.8) is 0 Å². The van der Waals surface area contributed by atoms with Crippen LogP contribution in [0.4, 0.5) is 4.39 Å². The van der Waals surface area contributed by atoms with Crippen LogP contribution in [-0.2, 0) is 0 Å². The minimum atomic E-state index is -0.745. The van der Waals surface area contributed by atoms with Crippen LogP contribution in [0, 0.1) is 5.82 Å². The van der Waals surface area contributed by atoms with Gasteiger partial charge in [-0.15, -0.1) is 0 Å². The molecule has 0 fully saturated rings. The molecule has 0 spiro atoms. The number of carbonyl (C=O) groups is 2. The van der Waals surface area contributed by atoms with Crippen LogP contribution in [0.1, 0.15) is 26.3 Å². The lowest BCUT2D eigenvalue weighted by atomic mass is 10.1. The molecule has 3 aromatic carbocycles. The quantitative estimate of drug-likeness (QED) is 0.191. The van der Waals surface area contributed by atoms with Crippen LogP contribution in [0.2, 0.25) is 0 Å². The predicted molar refractivity (Wildman–Crippen MR) is 124 cm³/mol. The fraction of sp³-hybridized carbons (Fsp3) is 0.154. The number of carbonyl (C=O) groups excluding carboxylic acids is 2. The molecular formula is C26H23FO7. The van der Waals surface area contributed by atoms with Crippen molar-refractivity contribution in [2.24, 2.45) is 0 Å². The normalized spacial score (nSPS) is 10.6. The Kier molecular flexibility index (Phi) is 7.87. The molecule has 0 aliphatic rings. The zero-order valence-electron chi connectivity index (χ0n) is 19.1. The van der Waals surface area contributed by atoms with E-state index in [1.54, 1.807) is 24.3 Å². The van der Waals surface area contributed by atoms with E-state index in [4.69, 9.17) is 23.7 Å². The molecule has 0 aromatic heterocycles. The Morgan fingerprint density at radius 1 is 0.706 bits per heavy atom. The number of rotatable bonds is 9. The monoisotopic (exact) mass is 466 g/mol. The Morgan fingerprint density at radius 2 is 1.29 bits per heavy atom. The van der Waals surface area contributed by atoms with Crippen molar-refractivity contribution in [1.82, 2.24) is 0 Å². The Hall–Kier alpha value is -4.33. The van der Waals surface area contributed by atoms with E-state index in [2.05, 4.69) is 0 Å². The smallest absolute Gasteiger partial charge is 0.343 e. The van der Waals surface area contributed by atoms with Crippen molar-refractivity contribution >= 4 is 17.8 Å². The van der Waals surface area contributed by atoms with Crippen LogP contribution < -0.4 is 23.7 Å². The number of benzene rings is 3. The van der Waals surface area contributed by atoms with Crippen molar-refractivity contribution in [3.8, 4) is 28.7 Å². The third-order valence-electron chi connectivity index (χ3n) is 4.86. The first-order valence-corrected chi connectivity index (χ1v) is 10.1. The van der Waals surface area contributed by atoms with E-state index >= 15 is 0 Å². The molecule has 7 nitrogen and oxygen atoms in total. The van der Waals surface area contributed by atoms with E-state index in [1.165, 1.54) is 58.8 Å². The molecule has 176 valence electrons. The zero-order chi connectivity index (χ0) is 24.7. The lowest BCUT2D eigenvalue weighted by Crippen LogP contribution is -2.11. The van der Waals surface area contributed by atoms with Crippen LogP contribution in [0.3, 0.4) is 0 Å². The number of esters is 1. The maximum Gasteiger partial charge on any atom is 0.343 e. The summed E-state index contributed by atoms with van der Waals surface area (Å²) in [6.45, 7) is 0. The van der Waals surface area contributed by atoms with E-state index < -0.39 is 17.6 Å². The number of methoxy groups -OCH3 is 4. The fourth-order valence-corrected chi connectivity index (χ4v) is 3.12. The van der Waals surface area contributed by atoms with Crippen molar-refractivity contribution < 1.29 is 37.7 Å². The van der Waals surface area contributed by atoms with Gasteiger partial charge in [0.25, 0.3) is 0 Å². The molecule has 0 amide bonds. The number of hydrogen-bond donors (Lipinski definition) is 0. The van der Waals surface area contributed by atoms with Gasteiger partial charge >= 0.3 is 5.97 Å². The number of ether oxygens (including phenoxy) is 5. The molecule has 0 atom stereocenters. The van der Waals surface area contributed by atoms with Gasteiger partial charge in [-0.25, -0.2) is 9.18 Å². The molecule has 8 heteroatoms. The van der Waals surface area contributed by atoms with Gasteiger partial charge in [0.15, 0.2) is 28.8 Å². The topological polar surface area (TPSA) is 80.3 Å². The minimum Gasteiger partial charge on any atom is -0.493 e. The summed E-state index contributed by atoms with van der Waals surface area (Å²) >= 11 is 0. The molecular weight excluding hydrogens is 443 g/mol. The van der Waals surface area contributed by atoms with Gasteiger partial charge in [0.1, 0.15) is 11.6 Å². The maximum absolute atomic E-state index is 13.9. The van der Waals surface area contributed by atoms with E-state index in [9.17, 15) is 14.0 Å². The Balaban J connectivity index is 1.85. The van der Waals surface area contributed by atoms with Crippen LogP contribution in [0.5, 0.6) is 28.7 Å². The molecule has 0 radical (unpaired) electrons. The first-order chi connectivity index (χ1) is 16.4. The maximum atomic E-state index is 13.9. The molecule has 0 aliphatic heterocycles. The zero-order valence-corrected chi connectivity index (χ0v) is 19.1. The van der Waals surface area contributed by atoms with Crippen molar-refractivity contribution in [2.75, 3.05) is 28.4 Å². The summed E-state index contributed by atoms with van der Waals surface area (Å²) in [6.07, 6.45) is 2.79. The molecule has 0 N–H and O–H groups in total. The first-order valence-electron chi connectivity index (χ1n) is 10.1. The highest BCUT2D eigenvalue weighted by Gasteiger charge is 2.18. The number of ketones is 1. The highest BCUT2D eigenvalue weighted by molar-refractivity contribution is 6.09. The van der Waals surface area contributed by atoms with E-state index in [0.717, 1.165) is 12.1 Å². The third kappa shape index (κ3) is 5.53. The second kappa shape index (κ2) is 11.0. The summed E-state index contributed by atoms with van der Waals surface area (Å²) in [4.78, 5) is 25.5. The fourth-order valence-electron chi connectivity index (χ4n) is 3.12. The van der Waals surface area contributed by atoms with E-state index in [1.807, 2.05) is 0 Å². The SMILES string of the molecule is COc1ccc(/C=C/C(=O)c2cc(F)ccc2OC(=O)c2ccc(OC)c(OC)c2)cc1OC. The minimum absolute atomic E-state index is 0.0804. The van der Waals surface area contributed by atoms with Gasteiger partial charge in [0.05, 0.1) is 39.6 Å². The van der Waals surface area contributed by atoms with Gasteiger partial charge in [0, 0.05) is 0 Å². The van der Waals surface area contributed by atoms with Crippen LogP contribution in [0.15, 0.2) is 60.7 Å². The highest BCUT2D eigenvalue weighted by atomic mass is 19.1. The Bertz CT molecular complexity index is 1230. The summed E-state index contributed by atoms with van der Waals surface area (Å²) < 4.78 is 40.1. The summed E-state index contributed by atoms with van der Waals surface area (Å²) in [5, 5.41) is 0. The number of halogens is 1. The molecule has 0 saturated carbocycles. The molecule has 0 heterocycles. The number of allylic oxidation sites excluding steroid dienone is 1. The largest absolute Gasteiger partial charge is 0.493 e. The first kappa shape index (κ1) is 24.3. The molecule has 34 heavy (non-hydrogen) atoms. The van der Waals surface area contributed by atoms with Gasteiger partial charge in [0.2, 0.25) is 0 Å². The van der Waals surface area contributed by atoms with Crippen molar-refractivity contribution in [2.45, 2.75) is 0 Å². The number of hydrogen-bond acceptors (Lipinski definition) is 7. The molecule has 0 aliphatic carbocycles. The highest BCUT2D eigenvalue weighted by Crippen LogP contribution is 2.30. The van der Waals surface area contributed by atoms with Crippen LogP contribution in [-0.4, -0.2) is 40.2 Å². The second-order valence-corrected chi connectivity index (χ2v) is 6.91. The van der Waals surface area contributed by atoms with E-state index in [-0.39, 0.29) is 16.9 Å². The second-order valence-electron chi connectivity index (χ2n) is 6.91. The van der Waals surface area contributed by atoms with Crippen molar-refractivity contribution in [1.29, 1.82) is 0 Å². The average molecular weight is 466 g/mol.